The Morgan fingerprint density at radius 1 is 1.35 bits per heavy atom. The highest BCUT2D eigenvalue weighted by Crippen LogP contribution is 2.06. The third-order valence-corrected chi connectivity index (χ3v) is 2.31. The Kier molecular flexibility index (Phi) is 3.35. The van der Waals surface area contributed by atoms with Crippen LogP contribution < -0.4 is 5.43 Å². The Hall–Kier alpha value is -2.36. The van der Waals surface area contributed by atoms with Gasteiger partial charge in [-0.3, -0.25) is 4.79 Å². The largest absolute Gasteiger partial charge is 0.472 e. The lowest BCUT2D eigenvalue weighted by atomic mass is 10.1. The zero-order valence-corrected chi connectivity index (χ0v) is 9.38. The molecule has 0 aliphatic heterocycles. The topological polar surface area (TPSA) is 54.6 Å². The molecule has 1 N–H and O–H groups in total. The number of aryl methyl sites for hydroxylation is 1. The smallest absolute Gasteiger partial charge is 0.271 e. The second kappa shape index (κ2) is 5.12. The molecule has 0 radical (unpaired) electrons. The predicted octanol–water partition coefficient (Wildman–Crippen LogP) is 2.35. The molecule has 2 rings (SSSR count). The molecule has 0 aliphatic carbocycles. The highest BCUT2D eigenvalue weighted by Gasteiger charge is 2.05. The van der Waals surface area contributed by atoms with Crippen molar-refractivity contribution in [1.82, 2.24) is 5.43 Å². The molecule has 1 amide bonds. The average Bonchev–Trinajstić information content (AvgIpc) is 2.82. The number of amides is 1. The first-order valence-corrected chi connectivity index (χ1v) is 5.18. The summed E-state index contributed by atoms with van der Waals surface area (Å²) in [5.41, 5.74) is 4.81. The normalized spacial score (nSPS) is 10.6. The molecule has 4 heteroatoms. The van der Waals surface area contributed by atoms with Crippen molar-refractivity contribution in [3.8, 4) is 0 Å². The minimum absolute atomic E-state index is 0.220. The molecular weight excluding hydrogens is 216 g/mol. The van der Waals surface area contributed by atoms with Crippen molar-refractivity contribution in [2.24, 2.45) is 5.10 Å². The van der Waals surface area contributed by atoms with Crippen molar-refractivity contribution in [3.63, 3.8) is 0 Å². The molecule has 1 heterocycles. The molecular formula is C13H12N2O2. The van der Waals surface area contributed by atoms with Crippen molar-refractivity contribution in [3.05, 3.63) is 59.5 Å². The van der Waals surface area contributed by atoms with E-state index in [9.17, 15) is 4.79 Å². The van der Waals surface area contributed by atoms with Crippen molar-refractivity contribution in [1.29, 1.82) is 0 Å². The lowest BCUT2D eigenvalue weighted by Crippen LogP contribution is -2.18. The van der Waals surface area contributed by atoms with Crippen LogP contribution in [0, 0.1) is 6.92 Å². The van der Waals surface area contributed by atoms with E-state index in [1.807, 2.05) is 25.1 Å². The molecule has 0 bridgehead atoms. The molecule has 4 nitrogen and oxygen atoms in total. The molecule has 0 fully saturated rings. The minimum Gasteiger partial charge on any atom is -0.472 e. The maximum absolute atomic E-state index is 11.7. The monoisotopic (exact) mass is 228 g/mol. The van der Waals surface area contributed by atoms with Crippen LogP contribution in [-0.2, 0) is 0 Å². The lowest BCUT2D eigenvalue weighted by molar-refractivity contribution is 0.0954. The van der Waals surface area contributed by atoms with E-state index in [4.69, 9.17) is 4.42 Å². The summed E-state index contributed by atoms with van der Waals surface area (Å²) in [6.45, 7) is 1.88. The number of hydrogen-bond acceptors (Lipinski definition) is 3. The van der Waals surface area contributed by atoms with Gasteiger partial charge in [-0.25, -0.2) is 5.43 Å². The second-order valence-electron chi connectivity index (χ2n) is 3.57. The van der Waals surface area contributed by atoms with Crippen LogP contribution >= 0.6 is 0 Å². The average molecular weight is 228 g/mol. The van der Waals surface area contributed by atoms with Crippen molar-refractivity contribution < 1.29 is 9.21 Å². The summed E-state index contributed by atoms with van der Waals surface area (Å²) in [5.74, 6) is -0.220. The van der Waals surface area contributed by atoms with Crippen LogP contribution in [0.3, 0.4) is 0 Å². The van der Waals surface area contributed by atoms with Gasteiger partial charge in [-0.1, -0.05) is 18.2 Å². The summed E-state index contributed by atoms with van der Waals surface area (Å²) in [6.07, 6.45) is 4.62. The number of nitrogens with zero attached hydrogens (tertiary/aromatic N) is 1. The van der Waals surface area contributed by atoms with Crippen molar-refractivity contribution in [2.45, 2.75) is 6.92 Å². The molecule has 0 atom stereocenters. The van der Waals surface area contributed by atoms with Gasteiger partial charge in [-0.2, -0.15) is 5.10 Å². The summed E-state index contributed by atoms with van der Waals surface area (Å²) >= 11 is 0. The van der Waals surface area contributed by atoms with Gasteiger partial charge < -0.3 is 4.42 Å². The van der Waals surface area contributed by atoms with Gasteiger partial charge in [-0.15, -0.1) is 0 Å². The molecule has 17 heavy (non-hydrogen) atoms. The summed E-state index contributed by atoms with van der Waals surface area (Å²) in [4.78, 5) is 11.7. The highest BCUT2D eigenvalue weighted by molar-refractivity contribution is 5.96. The predicted molar refractivity (Wildman–Crippen MR) is 64.9 cm³/mol. The summed E-state index contributed by atoms with van der Waals surface area (Å²) < 4.78 is 4.87. The third kappa shape index (κ3) is 2.81. The van der Waals surface area contributed by atoms with Crippen LogP contribution in [0.2, 0.25) is 0 Å². The molecule has 0 spiro atoms. The Balaban J connectivity index is 2.01. The molecule has 86 valence electrons. The number of nitrogens with one attached hydrogen (secondary N) is 1. The molecule has 1 aromatic carbocycles. The molecule has 0 saturated carbocycles. The van der Waals surface area contributed by atoms with Gasteiger partial charge in [0, 0.05) is 11.1 Å². The first kappa shape index (κ1) is 11.1. The molecule has 1 aromatic heterocycles. The van der Waals surface area contributed by atoms with E-state index in [0.29, 0.717) is 5.56 Å². The third-order valence-electron chi connectivity index (χ3n) is 2.31. The van der Waals surface area contributed by atoms with Gasteiger partial charge in [0.25, 0.3) is 5.91 Å². The number of benzene rings is 1. The van der Waals surface area contributed by atoms with Crippen LogP contribution in [0.15, 0.2) is 52.4 Å². The molecule has 0 unspecified atom stereocenters. The van der Waals surface area contributed by atoms with E-state index in [2.05, 4.69) is 10.5 Å². The zero-order chi connectivity index (χ0) is 12.1. The first-order valence-electron chi connectivity index (χ1n) is 5.18. The number of rotatable bonds is 3. The van der Waals surface area contributed by atoms with Gasteiger partial charge in [0.1, 0.15) is 0 Å². The minimum atomic E-state index is -0.220. The highest BCUT2D eigenvalue weighted by atomic mass is 16.3. The van der Waals surface area contributed by atoms with Gasteiger partial charge in [0.2, 0.25) is 0 Å². The number of hydrazone groups is 1. The van der Waals surface area contributed by atoms with Gasteiger partial charge >= 0.3 is 0 Å². The quantitative estimate of drug-likeness (QED) is 0.647. The summed E-state index contributed by atoms with van der Waals surface area (Å²) in [7, 11) is 0. The van der Waals surface area contributed by atoms with Crippen LogP contribution in [-0.4, -0.2) is 12.1 Å². The first-order chi connectivity index (χ1) is 8.27. The lowest BCUT2D eigenvalue weighted by Gasteiger charge is -2.02. The maximum atomic E-state index is 11.7. The van der Waals surface area contributed by atoms with E-state index in [-0.39, 0.29) is 5.91 Å². The number of carbonyl (C=O) groups excluding carboxylic acids is 1. The Labute approximate surface area is 99.0 Å². The van der Waals surface area contributed by atoms with E-state index in [1.165, 1.54) is 6.21 Å². The van der Waals surface area contributed by atoms with Crippen LogP contribution in [0.25, 0.3) is 0 Å². The zero-order valence-electron chi connectivity index (χ0n) is 9.38. The van der Waals surface area contributed by atoms with E-state index in [1.54, 1.807) is 24.7 Å². The van der Waals surface area contributed by atoms with Gasteiger partial charge in [0.05, 0.1) is 18.7 Å². The fraction of sp³-hybridized carbons (Fsp3) is 0.0769. The fourth-order valence-electron chi connectivity index (χ4n) is 1.40. The number of hydrogen-bond donors (Lipinski definition) is 1. The SMILES string of the molecule is Cc1ccccc1C(=O)NN=Cc1ccoc1. The summed E-state index contributed by atoms with van der Waals surface area (Å²) in [5, 5.41) is 3.85. The van der Waals surface area contributed by atoms with Crippen LogP contribution in [0.1, 0.15) is 21.5 Å². The Morgan fingerprint density at radius 2 is 2.18 bits per heavy atom. The van der Waals surface area contributed by atoms with Crippen molar-refractivity contribution in [2.75, 3.05) is 0 Å². The Morgan fingerprint density at radius 3 is 2.88 bits per heavy atom. The van der Waals surface area contributed by atoms with E-state index >= 15 is 0 Å². The standard InChI is InChI=1S/C13H12N2O2/c1-10-4-2-3-5-12(10)13(16)15-14-8-11-6-7-17-9-11/h2-9H,1H3,(H,15,16). The van der Waals surface area contributed by atoms with Crippen molar-refractivity contribution >= 4 is 12.1 Å². The van der Waals surface area contributed by atoms with Crippen LogP contribution in [0.5, 0.6) is 0 Å². The fourth-order valence-corrected chi connectivity index (χ4v) is 1.40. The Bertz CT molecular complexity index is 530. The van der Waals surface area contributed by atoms with E-state index < -0.39 is 0 Å². The summed E-state index contributed by atoms with van der Waals surface area (Å²) in [6, 6.07) is 9.11. The maximum Gasteiger partial charge on any atom is 0.271 e. The number of furan rings is 1. The molecule has 2 aromatic rings. The number of carbonyl (C=O) groups is 1. The molecule has 0 aliphatic rings. The van der Waals surface area contributed by atoms with E-state index in [0.717, 1.165) is 11.1 Å². The van der Waals surface area contributed by atoms with Gasteiger partial charge in [-0.05, 0) is 24.6 Å². The van der Waals surface area contributed by atoms with Crippen LogP contribution in [0.4, 0.5) is 0 Å². The van der Waals surface area contributed by atoms with Gasteiger partial charge in [0.15, 0.2) is 0 Å². The molecule has 0 saturated heterocycles. The second-order valence-corrected chi connectivity index (χ2v) is 3.57.